The Bertz CT molecular complexity index is 430. The highest BCUT2D eigenvalue weighted by atomic mass is 79.9. The molecule has 1 atom stereocenters. The number of para-hydroxylation sites is 1. The fraction of sp³-hybridized carbons (Fsp3) is 0.500. The molecule has 0 aromatic heterocycles. The number of amides is 1. The first-order valence-electron chi connectivity index (χ1n) is 6.11. The van der Waals surface area contributed by atoms with Gasteiger partial charge in [0.05, 0.1) is 10.5 Å². The van der Waals surface area contributed by atoms with E-state index in [9.17, 15) is 9.90 Å². The fourth-order valence-electron chi connectivity index (χ4n) is 1.63. The molecule has 1 rings (SSSR count). The normalized spacial score (nSPS) is 12.8. The van der Waals surface area contributed by atoms with E-state index in [0.717, 1.165) is 5.56 Å². The van der Waals surface area contributed by atoms with Crippen LogP contribution in [0.5, 0.6) is 5.75 Å². The van der Waals surface area contributed by atoms with Gasteiger partial charge < -0.3 is 10.4 Å². The molecule has 100 valence electrons. The van der Waals surface area contributed by atoms with Crippen LogP contribution in [-0.2, 0) is 4.79 Å². The summed E-state index contributed by atoms with van der Waals surface area (Å²) in [6, 6.07) is 5.41. The number of nitrogens with one attached hydrogen (secondary N) is 1. The van der Waals surface area contributed by atoms with Gasteiger partial charge in [0.2, 0.25) is 5.91 Å². The summed E-state index contributed by atoms with van der Waals surface area (Å²) in [6.45, 7) is 7.93. The number of phenols is 1. The molecule has 0 aliphatic heterocycles. The van der Waals surface area contributed by atoms with Crippen molar-refractivity contribution < 1.29 is 9.90 Å². The molecular formula is C14H20BrNO2. The molecule has 4 heteroatoms. The molecule has 0 fully saturated rings. The first kappa shape index (κ1) is 15.0. The lowest BCUT2D eigenvalue weighted by Crippen LogP contribution is -2.27. The highest BCUT2D eigenvalue weighted by molar-refractivity contribution is 9.10. The van der Waals surface area contributed by atoms with Crippen molar-refractivity contribution >= 4 is 27.5 Å². The Morgan fingerprint density at radius 3 is 2.39 bits per heavy atom. The summed E-state index contributed by atoms with van der Waals surface area (Å²) in [5.41, 5.74) is 1.31. The molecule has 0 unspecified atom stereocenters. The maximum atomic E-state index is 11.9. The van der Waals surface area contributed by atoms with E-state index < -0.39 is 0 Å². The highest BCUT2D eigenvalue weighted by Crippen LogP contribution is 2.32. The molecule has 0 bridgehead atoms. The lowest BCUT2D eigenvalue weighted by atomic mass is 10.0. The molecule has 1 aromatic rings. The maximum absolute atomic E-state index is 11.9. The van der Waals surface area contributed by atoms with Gasteiger partial charge in [0, 0.05) is 0 Å². The first-order chi connectivity index (χ1) is 8.34. The second-order valence-electron chi connectivity index (χ2n) is 5.03. The summed E-state index contributed by atoms with van der Waals surface area (Å²) >= 11 is 3.34. The molecule has 0 radical (unpaired) electrons. The summed E-state index contributed by atoms with van der Waals surface area (Å²) in [5.74, 6) is 0.428. The van der Waals surface area contributed by atoms with Crippen LogP contribution in [0.15, 0.2) is 18.2 Å². The van der Waals surface area contributed by atoms with Gasteiger partial charge in [0.1, 0.15) is 5.75 Å². The van der Waals surface area contributed by atoms with Crippen molar-refractivity contribution in [1.82, 2.24) is 0 Å². The molecule has 0 heterocycles. The Morgan fingerprint density at radius 1 is 1.28 bits per heavy atom. The molecular weight excluding hydrogens is 294 g/mol. The summed E-state index contributed by atoms with van der Waals surface area (Å²) < 4.78 is 0. The molecule has 0 aliphatic rings. The second-order valence-corrected chi connectivity index (χ2v) is 6.02. The van der Waals surface area contributed by atoms with Crippen LogP contribution >= 0.6 is 15.9 Å². The number of alkyl halides is 1. The van der Waals surface area contributed by atoms with E-state index in [0.29, 0.717) is 5.69 Å². The third-order valence-corrected chi connectivity index (χ3v) is 4.26. The predicted molar refractivity (Wildman–Crippen MR) is 78.4 cm³/mol. The van der Waals surface area contributed by atoms with E-state index in [1.807, 2.05) is 39.8 Å². The van der Waals surface area contributed by atoms with Crippen LogP contribution in [0.4, 0.5) is 5.69 Å². The van der Waals surface area contributed by atoms with E-state index in [1.54, 1.807) is 6.07 Å². The quantitative estimate of drug-likeness (QED) is 0.654. The van der Waals surface area contributed by atoms with Gasteiger partial charge in [-0.05, 0) is 23.5 Å². The van der Waals surface area contributed by atoms with Gasteiger partial charge in [-0.15, -0.1) is 0 Å². The van der Waals surface area contributed by atoms with E-state index in [1.165, 1.54) is 0 Å². The van der Waals surface area contributed by atoms with Crippen LogP contribution in [0.25, 0.3) is 0 Å². The Labute approximate surface area is 117 Å². The van der Waals surface area contributed by atoms with Crippen LogP contribution < -0.4 is 5.32 Å². The number of carbonyl (C=O) groups is 1. The molecule has 0 aliphatic carbocycles. The van der Waals surface area contributed by atoms with E-state index >= 15 is 0 Å². The highest BCUT2D eigenvalue weighted by Gasteiger charge is 2.20. The number of halogens is 1. The molecule has 0 saturated heterocycles. The van der Waals surface area contributed by atoms with Crippen molar-refractivity contribution in [3.8, 4) is 5.75 Å². The molecule has 1 amide bonds. The lowest BCUT2D eigenvalue weighted by molar-refractivity contribution is -0.116. The van der Waals surface area contributed by atoms with Gasteiger partial charge in [0.15, 0.2) is 0 Å². The van der Waals surface area contributed by atoms with Crippen LogP contribution in [0.1, 0.15) is 39.2 Å². The maximum Gasteiger partial charge on any atom is 0.238 e. The number of hydrogen-bond acceptors (Lipinski definition) is 2. The summed E-state index contributed by atoms with van der Waals surface area (Å²) in [7, 11) is 0. The van der Waals surface area contributed by atoms with Crippen molar-refractivity contribution in [3.63, 3.8) is 0 Å². The smallest absolute Gasteiger partial charge is 0.238 e. The van der Waals surface area contributed by atoms with E-state index in [-0.39, 0.29) is 28.3 Å². The minimum Gasteiger partial charge on any atom is -0.505 e. The third kappa shape index (κ3) is 3.48. The van der Waals surface area contributed by atoms with Crippen molar-refractivity contribution in [3.05, 3.63) is 23.8 Å². The lowest BCUT2D eigenvalue weighted by Gasteiger charge is -2.16. The summed E-state index contributed by atoms with van der Waals surface area (Å²) in [5, 5.41) is 12.8. The van der Waals surface area contributed by atoms with Gasteiger partial charge in [-0.1, -0.05) is 55.8 Å². The van der Waals surface area contributed by atoms with Crippen LogP contribution in [0.3, 0.4) is 0 Å². The van der Waals surface area contributed by atoms with Crippen LogP contribution in [-0.4, -0.2) is 15.8 Å². The zero-order chi connectivity index (χ0) is 13.9. The van der Waals surface area contributed by atoms with Gasteiger partial charge >= 0.3 is 0 Å². The summed E-state index contributed by atoms with van der Waals surface area (Å²) in [4.78, 5) is 11.7. The number of phenolic OH excluding ortho intramolecular Hbond substituents is 1. The van der Waals surface area contributed by atoms with Crippen molar-refractivity contribution in [1.29, 1.82) is 0 Å². The zero-order valence-corrected chi connectivity index (χ0v) is 12.8. The second kappa shape index (κ2) is 6.23. The molecule has 1 aromatic carbocycles. The Morgan fingerprint density at radius 2 is 1.89 bits per heavy atom. The molecule has 0 saturated carbocycles. The Hall–Kier alpha value is -1.03. The SMILES string of the molecule is CC(C)c1cccc(NC(=O)[C@@H](Br)C(C)C)c1O. The Kier molecular flexibility index (Phi) is 5.20. The topological polar surface area (TPSA) is 49.3 Å². The number of aromatic hydroxyl groups is 1. The third-order valence-electron chi connectivity index (χ3n) is 2.78. The molecule has 3 nitrogen and oxygen atoms in total. The van der Waals surface area contributed by atoms with Crippen molar-refractivity contribution in [2.75, 3.05) is 5.32 Å². The minimum atomic E-state index is -0.264. The standard InChI is InChI=1S/C14H20BrNO2/c1-8(2)10-6-5-7-11(13(10)17)16-14(18)12(15)9(3)4/h5-9,12,17H,1-4H3,(H,16,18)/t12-/m0/s1. The minimum absolute atomic E-state index is 0.138. The number of benzene rings is 1. The largest absolute Gasteiger partial charge is 0.505 e. The molecule has 18 heavy (non-hydrogen) atoms. The van der Waals surface area contributed by atoms with Gasteiger partial charge in [-0.3, -0.25) is 4.79 Å². The van der Waals surface area contributed by atoms with Gasteiger partial charge in [-0.25, -0.2) is 0 Å². The van der Waals surface area contributed by atoms with Gasteiger partial charge in [-0.2, -0.15) is 0 Å². The van der Waals surface area contributed by atoms with Crippen molar-refractivity contribution in [2.24, 2.45) is 5.92 Å². The fourth-order valence-corrected chi connectivity index (χ4v) is 1.75. The zero-order valence-electron chi connectivity index (χ0n) is 11.2. The molecule has 0 spiro atoms. The average Bonchev–Trinajstić information content (AvgIpc) is 2.30. The molecule has 2 N–H and O–H groups in total. The number of anilines is 1. The Balaban J connectivity index is 2.92. The van der Waals surface area contributed by atoms with E-state index in [4.69, 9.17) is 0 Å². The van der Waals surface area contributed by atoms with Gasteiger partial charge in [0.25, 0.3) is 0 Å². The first-order valence-corrected chi connectivity index (χ1v) is 7.03. The predicted octanol–water partition coefficient (Wildman–Crippen LogP) is 3.87. The number of hydrogen-bond donors (Lipinski definition) is 2. The number of rotatable bonds is 4. The average molecular weight is 314 g/mol. The monoisotopic (exact) mass is 313 g/mol. The number of carbonyl (C=O) groups excluding carboxylic acids is 1. The van der Waals surface area contributed by atoms with Crippen LogP contribution in [0.2, 0.25) is 0 Å². The van der Waals surface area contributed by atoms with Crippen LogP contribution in [0, 0.1) is 5.92 Å². The van der Waals surface area contributed by atoms with E-state index in [2.05, 4.69) is 21.2 Å². The summed E-state index contributed by atoms with van der Waals surface area (Å²) in [6.07, 6.45) is 0. The van der Waals surface area contributed by atoms with Crippen molar-refractivity contribution in [2.45, 2.75) is 38.4 Å².